The van der Waals surface area contributed by atoms with Crippen LogP contribution in [-0.4, -0.2) is 25.3 Å². The summed E-state index contributed by atoms with van der Waals surface area (Å²) in [5.74, 6) is -0.171. The lowest BCUT2D eigenvalue weighted by Gasteiger charge is -2.14. The van der Waals surface area contributed by atoms with Gasteiger partial charge in [0.25, 0.3) is 0 Å². The average Bonchev–Trinajstić information content (AvgIpc) is 2.02. The first kappa shape index (κ1) is 12.4. The van der Waals surface area contributed by atoms with Gasteiger partial charge >= 0.3 is 5.97 Å². The van der Waals surface area contributed by atoms with Gasteiger partial charge in [-0.3, -0.25) is 4.79 Å². The summed E-state index contributed by atoms with van der Waals surface area (Å²) in [6.45, 7) is 5.76. The van der Waals surface area contributed by atoms with Crippen molar-refractivity contribution in [3.05, 3.63) is 0 Å². The molecular weight excluding hydrogens is 168 g/mol. The molecule has 0 saturated heterocycles. The van der Waals surface area contributed by atoms with E-state index in [9.17, 15) is 4.79 Å². The fourth-order valence-corrected chi connectivity index (χ4v) is 1.12. The van der Waals surface area contributed by atoms with Gasteiger partial charge < -0.3 is 9.47 Å². The van der Waals surface area contributed by atoms with Crippen LogP contribution < -0.4 is 0 Å². The largest absolute Gasteiger partial charge is 0.463 e. The van der Waals surface area contributed by atoms with E-state index in [0.29, 0.717) is 6.42 Å². The lowest BCUT2D eigenvalue weighted by molar-refractivity contribution is -0.150. The van der Waals surface area contributed by atoms with E-state index in [1.54, 1.807) is 7.11 Å². The van der Waals surface area contributed by atoms with Crippen LogP contribution in [0.3, 0.4) is 0 Å². The topological polar surface area (TPSA) is 35.5 Å². The molecule has 0 aliphatic carbocycles. The maximum atomic E-state index is 11.2. The van der Waals surface area contributed by atoms with Crippen molar-refractivity contribution in [1.29, 1.82) is 0 Å². The van der Waals surface area contributed by atoms with Crippen LogP contribution in [-0.2, 0) is 14.3 Å². The van der Waals surface area contributed by atoms with Crippen molar-refractivity contribution in [3.8, 4) is 0 Å². The SMILES string of the molecule is CCCC(CC(=O)OC(C)C)OC. The van der Waals surface area contributed by atoms with Crippen LogP contribution in [0.2, 0.25) is 0 Å². The van der Waals surface area contributed by atoms with E-state index in [1.807, 2.05) is 13.8 Å². The summed E-state index contributed by atoms with van der Waals surface area (Å²) in [4.78, 5) is 11.2. The van der Waals surface area contributed by atoms with Crippen LogP contribution in [0.1, 0.15) is 40.0 Å². The van der Waals surface area contributed by atoms with Crippen LogP contribution in [0.15, 0.2) is 0 Å². The van der Waals surface area contributed by atoms with Gasteiger partial charge in [0.05, 0.1) is 18.6 Å². The molecule has 0 aliphatic heterocycles. The van der Waals surface area contributed by atoms with E-state index in [0.717, 1.165) is 12.8 Å². The minimum Gasteiger partial charge on any atom is -0.463 e. The van der Waals surface area contributed by atoms with E-state index in [4.69, 9.17) is 9.47 Å². The zero-order valence-corrected chi connectivity index (χ0v) is 9.00. The van der Waals surface area contributed by atoms with E-state index in [-0.39, 0.29) is 18.2 Å². The zero-order valence-electron chi connectivity index (χ0n) is 9.00. The van der Waals surface area contributed by atoms with Gasteiger partial charge in [-0.2, -0.15) is 0 Å². The molecule has 3 nitrogen and oxygen atoms in total. The molecule has 0 aromatic heterocycles. The second kappa shape index (κ2) is 6.89. The summed E-state index contributed by atoms with van der Waals surface area (Å²) >= 11 is 0. The summed E-state index contributed by atoms with van der Waals surface area (Å²) in [5, 5.41) is 0. The Hall–Kier alpha value is -0.570. The lowest BCUT2D eigenvalue weighted by atomic mass is 10.1. The maximum absolute atomic E-state index is 11.2. The highest BCUT2D eigenvalue weighted by Crippen LogP contribution is 2.07. The molecule has 0 saturated carbocycles. The van der Waals surface area contributed by atoms with Crippen LogP contribution in [0, 0.1) is 0 Å². The van der Waals surface area contributed by atoms with Crippen molar-refractivity contribution >= 4 is 5.97 Å². The van der Waals surface area contributed by atoms with Gasteiger partial charge in [-0.05, 0) is 20.3 Å². The predicted molar refractivity (Wildman–Crippen MR) is 51.6 cm³/mol. The fraction of sp³-hybridized carbons (Fsp3) is 0.900. The molecule has 0 fully saturated rings. The molecule has 0 N–H and O–H groups in total. The molecule has 0 bridgehead atoms. The Balaban J connectivity index is 3.73. The number of hydrogen-bond donors (Lipinski definition) is 0. The van der Waals surface area contributed by atoms with Crippen molar-refractivity contribution in [2.75, 3.05) is 7.11 Å². The zero-order chi connectivity index (χ0) is 10.3. The van der Waals surface area contributed by atoms with Crippen LogP contribution in [0.4, 0.5) is 0 Å². The Kier molecular flexibility index (Phi) is 6.59. The number of ether oxygens (including phenoxy) is 2. The first-order chi connectivity index (χ1) is 6.10. The molecule has 0 radical (unpaired) electrons. The van der Waals surface area contributed by atoms with Crippen molar-refractivity contribution < 1.29 is 14.3 Å². The normalized spacial score (nSPS) is 13.0. The minimum atomic E-state index is -0.171. The summed E-state index contributed by atoms with van der Waals surface area (Å²) in [6, 6.07) is 0. The highest BCUT2D eigenvalue weighted by Gasteiger charge is 2.13. The van der Waals surface area contributed by atoms with E-state index < -0.39 is 0 Å². The number of esters is 1. The van der Waals surface area contributed by atoms with Gasteiger partial charge in [-0.15, -0.1) is 0 Å². The molecule has 0 aliphatic rings. The van der Waals surface area contributed by atoms with Gasteiger partial charge in [0.1, 0.15) is 0 Å². The second-order valence-corrected chi connectivity index (χ2v) is 3.39. The number of carbonyl (C=O) groups is 1. The lowest BCUT2D eigenvalue weighted by Crippen LogP contribution is -2.20. The molecule has 78 valence electrons. The Morgan fingerprint density at radius 2 is 2.00 bits per heavy atom. The molecule has 1 unspecified atom stereocenters. The molecule has 0 spiro atoms. The Bertz CT molecular complexity index is 143. The monoisotopic (exact) mass is 188 g/mol. The molecule has 1 atom stereocenters. The Labute approximate surface area is 80.4 Å². The molecular formula is C10H20O3. The molecule has 0 aromatic carbocycles. The van der Waals surface area contributed by atoms with Crippen LogP contribution >= 0.6 is 0 Å². The molecule has 3 heteroatoms. The highest BCUT2D eigenvalue weighted by molar-refractivity contribution is 5.70. The molecule has 0 rings (SSSR count). The standard InChI is InChI=1S/C10H20O3/c1-5-6-9(12-4)7-10(11)13-8(2)3/h8-9H,5-7H2,1-4H3. The minimum absolute atomic E-state index is 0.0104. The van der Waals surface area contributed by atoms with E-state index >= 15 is 0 Å². The second-order valence-electron chi connectivity index (χ2n) is 3.39. The number of methoxy groups -OCH3 is 1. The molecule has 0 heterocycles. The smallest absolute Gasteiger partial charge is 0.308 e. The van der Waals surface area contributed by atoms with Crippen LogP contribution in [0.5, 0.6) is 0 Å². The molecule has 0 aromatic rings. The first-order valence-corrected chi connectivity index (χ1v) is 4.82. The summed E-state index contributed by atoms with van der Waals surface area (Å²) < 4.78 is 10.2. The van der Waals surface area contributed by atoms with E-state index in [2.05, 4.69) is 6.92 Å². The summed E-state index contributed by atoms with van der Waals surface area (Å²) in [5.41, 5.74) is 0. The van der Waals surface area contributed by atoms with E-state index in [1.165, 1.54) is 0 Å². The van der Waals surface area contributed by atoms with Gasteiger partial charge in [0.2, 0.25) is 0 Å². The number of carbonyl (C=O) groups excluding carboxylic acids is 1. The molecule has 0 amide bonds. The van der Waals surface area contributed by atoms with Gasteiger partial charge in [0, 0.05) is 7.11 Å². The molecule has 13 heavy (non-hydrogen) atoms. The maximum Gasteiger partial charge on any atom is 0.308 e. The quantitative estimate of drug-likeness (QED) is 0.599. The fourth-order valence-electron chi connectivity index (χ4n) is 1.12. The summed E-state index contributed by atoms with van der Waals surface area (Å²) in [7, 11) is 1.63. The van der Waals surface area contributed by atoms with Crippen molar-refractivity contribution in [2.45, 2.75) is 52.2 Å². The number of rotatable bonds is 6. The van der Waals surface area contributed by atoms with Crippen LogP contribution in [0.25, 0.3) is 0 Å². The Morgan fingerprint density at radius 1 is 1.38 bits per heavy atom. The van der Waals surface area contributed by atoms with Crippen molar-refractivity contribution in [2.24, 2.45) is 0 Å². The summed E-state index contributed by atoms with van der Waals surface area (Å²) in [6.07, 6.45) is 2.27. The third-order valence-corrected chi connectivity index (χ3v) is 1.71. The third-order valence-electron chi connectivity index (χ3n) is 1.71. The van der Waals surface area contributed by atoms with Gasteiger partial charge in [-0.1, -0.05) is 13.3 Å². The van der Waals surface area contributed by atoms with Gasteiger partial charge in [-0.25, -0.2) is 0 Å². The van der Waals surface area contributed by atoms with Gasteiger partial charge in [0.15, 0.2) is 0 Å². The predicted octanol–water partition coefficient (Wildman–Crippen LogP) is 2.14. The van der Waals surface area contributed by atoms with Crippen molar-refractivity contribution in [1.82, 2.24) is 0 Å². The highest BCUT2D eigenvalue weighted by atomic mass is 16.5. The number of hydrogen-bond acceptors (Lipinski definition) is 3. The first-order valence-electron chi connectivity index (χ1n) is 4.82. The average molecular weight is 188 g/mol. The Morgan fingerprint density at radius 3 is 2.38 bits per heavy atom. The van der Waals surface area contributed by atoms with Crippen molar-refractivity contribution in [3.63, 3.8) is 0 Å². The third kappa shape index (κ3) is 6.58.